The Kier molecular flexibility index (Phi) is 8.71. The van der Waals surface area contributed by atoms with E-state index in [9.17, 15) is 0 Å². The molecular formula is C28H26Br2N4O3S. The van der Waals surface area contributed by atoms with Gasteiger partial charge in [0.2, 0.25) is 11.0 Å². The molecule has 1 N–H and O–H groups in total. The summed E-state index contributed by atoms with van der Waals surface area (Å²) in [7, 11) is 1.62. The first-order chi connectivity index (χ1) is 18.6. The first-order valence-corrected chi connectivity index (χ1v) is 14.8. The molecule has 1 aliphatic rings. The van der Waals surface area contributed by atoms with Crippen molar-refractivity contribution in [3.05, 3.63) is 80.7 Å². The topological polar surface area (TPSA) is 78.4 Å². The number of nitrogens with one attached hydrogen (secondary N) is 1. The van der Waals surface area contributed by atoms with E-state index in [1.807, 2.05) is 60.7 Å². The van der Waals surface area contributed by atoms with Gasteiger partial charge >= 0.3 is 0 Å². The lowest BCUT2D eigenvalue weighted by Gasteiger charge is -2.23. The molecule has 0 fully saturated rings. The Bertz CT molecular complexity index is 1430. The summed E-state index contributed by atoms with van der Waals surface area (Å²) in [5, 5.41) is 13.0. The van der Waals surface area contributed by atoms with Gasteiger partial charge in [0.15, 0.2) is 23.4 Å². The second kappa shape index (κ2) is 12.4. The number of aromatic nitrogens is 3. The van der Waals surface area contributed by atoms with Crippen molar-refractivity contribution in [3.8, 4) is 28.6 Å². The molecule has 196 valence electrons. The van der Waals surface area contributed by atoms with Crippen LogP contribution in [0, 0.1) is 0 Å². The zero-order valence-corrected chi connectivity index (χ0v) is 24.9. The summed E-state index contributed by atoms with van der Waals surface area (Å²) in [6.07, 6.45) is 1.60. The summed E-state index contributed by atoms with van der Waals surface area (Å²) in [6.45, 7) is 2.57. The van der Waals surface area contributed by atoms with Gasteiger partial charge in [0.05, 0.1) is 11.6 Å². The Balaban J connectivity index is 1.51. The number of hydrogen-bond acceptors (Lipinski definition) is 8. The van der Waals surface area contributed by atoms with Crippen LogP contribution in [-0.2, 0) is 6.61 Å². The van der Waals surface area contributed by atoms with Crippen LogP contribution in [0.1, 0.15) is 37.1 Å². The summed E-state index contributed by atoms with van der Waals surface area (Å²) in [5.41, 5.74) is 4.20. The number of ether oxygens (including phenoxy) is 3. The molecule has 7 nitrogen and oxygen atoms in total. The number of para-hydroxylation sites is 1. The van der Waals surface area contributed by atoms with Crippen molar-refractivity contribution >= 4 is 49.3 Å². The summed E-state index contributed by atoms with van der Waals surface area (Å²) < 4.78 is 19.9. The lowest BCUT2D eigenvalue weighted by molar-refractivity contribution is 0.223. The molecule has 2 heterocycles. The molecule has 0 unspecified atom stereocenters. The SMILES string of the molecule is CCCCSc1nnc2c(n1)O[C@@H](c1cc(OC)c(OCc3ccccc3)c(Br)c1Br)Nc1ccccc1-2. The summed E-state index contributed by atoms with van der Waals surface area (Å²) in [6, 6.07) is 19.8. The molecule has 38 heavy (non-hydrogen) atoms. The third kappa shape index (κ3) is 5.77. The second-order valence-electron chi connectivity index (χ2n) is 8.54. The Morgan fingerprint density at radius 3 is 2.61 bits per heavy atom. The van der Waals surface area contributed by atoms with Crippen LogP contribution in [0.5, 0.6) is 17.4 Å². The third-order valence-electron chi connectivity index (χ3n) is 5.95. The maximum absolute atomic E-state index is 6.49. The average Bonchev–Trinajstić information content (AvgIpc) is 3.11. The Hall–Kier alpha value is -2.82. The molecular weight excluding hydrogens is 632 g/mol. The molecule has 1 atom stereocenters. The fourth-order valence-corrected chi connectivity index (χ4v) is 5.87. The predicted octanol–water partition coefficient (Wildman–Crippen LogP) is 8.05. The van der Waals surface area contributed by atoms with Gasteiger partial charge in [-0.25, -0.2) is 0 Å². The van der Waals surface area contributed by atoms with Crippen LogP contribution in [-0.4, -0.2) is 28.0 Å². The number of benzene rings is 3. The number of halogens is 2. The van der Waals surface area contributed by atoms with Gasteiger partial charge in [-0.2, -0.15) is 4.98 Å². The Morgan fingerprint density at radius 2 is 1.82 bits per heavy atom. The van der Waals surface area contributed by atoms with Gasteiger partial charge in [0, 0.05) is 27.0 Å². The average molecular weight is 658 g/mol. The van der Waals surface area contributed by atoms with Crippen LogP contribution in [0.4, 0.5) is 5.69 Å². The third-order valence-corrected chi connectivity index (χ3v) is 9.01. The monoisotopic (exact) mass is 656 g/mol. The van der Waals surface area contributed by atoms with E-state index >= 15 is 0 Å². The minimum absolute atomic E-state index is 0.404. The molecule has 10 heteroatoms. The quantitative estimate of drug-likeness (QED) is 0.143. The van der Waals surface area contributed by atoms with Crippen molar-refractivity contribution in [2.45, 2.75) is 37.8 Å². The smallest absolute Gasteiger partial charge is 0.247 e. The lowest BCUT2D eigenvalue weighted by atomic mass is 10.1. The van der Waals surface area contributed by atoms with Gasteiger partial charge < -0.3 is 19.5 Å². The molecule has 0 aliphatic carbocycles. The van der Waals surface area contributed by atoms with E-state index in [1.165, 1.54) is 0 Å². The maximum Gasteiger partial charge on any atom is 0.247 e. The second-order valence-corrected chi connectivity index (χ2v) is 11.2. The number of anilines is 1. The van der Waals surface area contributed by atoms with Crippen LogP contribution < -0.4 is 19.5 Å². The Morgan fingerprint density at radius 1 is 1.03 bits per heavy atom. The zero-order chi connectivity index (χ0) is 26.5. The normalized spacial score (nSPS) is 13.9. The number of rotatable bonds is 9. The maximum atomic E-state index is 6.49. The molecule has 1 aromatic heterocycles. The van der Waals surface area contributed by atoms with E-state index in [0.29, 0.717) is 34.8 Å². The van der Waals surface area contributed by atoms with E-state index in [4.69, 9.17) is 19.2 Å². The van der Waals surface area contributed by atoms with Gasteiger partial charge in [-0.1, -0.05) is 73.6 Å². The van der Waals surface area contributed by atoms with E-state index in [-0.39, 0.29) is 0 Å². The number of hydrogen-bond donors (Lipinski definition) is 1. The standard InChI is InChI=1S/C28H26Br2N4O3S/c1-3-4-14-38-28-32-27-24(33-34-28)18-12-8-9-13-20(18)31-26(37-27)19-15-21(35-2)25(23(30)22(19)29)36-16-17-10-6-5-7-11-17/h5-13,15,26,31H,3-4,14,16H2,1-2H3/t26-/m0/s1. The first kappa shape index (κ1) is 26.8. The fraction of sp³-hybridized carbons (Fsp3) is 0.250. The lowest BCUT2D eigenvalue weighted by Crippen LogP contribution is -2.18. The highest BCUT2D eigenvalue weighted by atomic mass is 79.9. The first-order valence-electron chi connectivity index (χ1n) is 12.2. The van der Waals surface area contributed by atoms with Crippen LogP contribution in [0.15, 0.2) is 74.8 Å². The highest BCUT2D eigenvalue weighted by molar-refractivity contribution is 9.13. The number of fused-ring (bicyclic) bond motifs is 3. The molecule has 0 spiro atoms. The molecule has 0 saturated heterocycles. The molecule has 4 aromatic rings. The van der Waals surface area contributed by atoms with Crippen LogP contribution >= 0.6 is 43.6 Å². The molecule has 0 radical (unpaired) electrons. The van der Waals surface area contributed by atoms with Crippen molar-refractivity contribution < 1.29 is 14.2 Å². The summed E-state index contributed by atoms with van der Waals surface area (Å²) >= 11 is 9.06. The largest absolute Gasteiger partial charge is 0.493 e. The van der Waals surface area contributed by atoms with E-state index in [2.05, 4.69) is 54.3 Å². The van der Waals surface area contributed by atoms with Gasteiger partial charge in [-0.15, -0.1) is 10.2 Å². The molecule has 0 amide bonds. The summed E-state index contributed by atoms with van der Waals surface area (Å²) in [5.74, 6) is 2.52. The molecule has 1 aliphatic heterocycles. The molecule has 0 bridgehead atoms. The molecule has 5 rings (SSSR count). The van der Waals surface area contributed by atoms with Gasteiger partial charge in [-0.05, 0) is 56.0 Å². The number of thioether (sulfide) groups is 1. The van der Waals surface area contributed by atoms with Gasteiger partial charge in [0.25, 0.3) is 0 Å². The van der Waals surface area contributed by atoms with Crippen LogP contribution in [0.3, 0.4) is 0 Å². The highest BCUT2D eigenvalue weighted by Gasteiger charge is 2.30. The Labute approximate surface area is 243 Å². The van der Waals surface area contributed by atoms with E-state index < -0.39 is 6.23 Å². The zero-order valence-electron chi connectivity index (χ0n) is 20.9. The van der Waals surface area contributed by atoms with Crippen molar-refractivity contribution in [1.82, 2.24) is 15.2 Å². The van der Waals surface area contributed by atoms with Crippen LogP contribution in [0.2, 0.25) is 0 Å². The molecule has 3 aromatic carbocycles. The minimum Gasteiger partial charge on any atom is -0.493 e. The van der Waals surface area contributed by atoms with Crippen molar-refractivity contribution in [2.75, 3.05) is 18.2 Å². The van der Waals surface area contributed by atoms with Crippen molar-refractivity contribution in [1.29, 1.82) is 0 Å². The molecule has 0 saturated carbocycles. The minimum atomic E-state index is -0.592. The van der Waals surface area contributed by atoms with Crippen LogP contribution in [0.25, 0.3) is 11.3 Å². The number of methoxy groups -OCH3 is 1. The van der Waals surface area contributed by atoms with Crippen molar-refractivity contribution in [2.24, 2.45) is 0 Å². The number of unbranched alkanes of at least 4 members (excludes halogenated alkanes) is 1. The highest BCUT2D eigenvalue weighted by Crippen LogP contribution is 2.47. The van der Waals surface area contributed by atoms with Gasteiger partial charge in [0.1, 0.15) is 6.61 Å². The fourth-order valence-electron chi connectivity index (χ4n) is 3.97. The number of nitrogens with zero attached hydrogens (tertiary/aromatic N) is 3. The van der Waals surface area contributed by atoms with E-state index in [1.54, 1.807) is 18.9 Å². The predicted molar refractivity (Wildman–Crippen MR) is 157 cm³/mol. The summed E-state index contributed by atoms with van der Waals surface area (Å²) in [4.78, 5) is 4.74. The van der Waals surface area contributed by atoms with Gasteiger partial charge in [-0.3, -0.25) is 0 Å². The van der Waals surface area contributed by atoms with E-state index in [0.717, 1.165) is 49.9 Å². The van der Waals surface area contributed by atoms with Crippen molar-refractivity contribution in [3.63, 3.8) is 0 Å².